The molecule has 2 aromatic rings. The largest absolute Gasteiger partial charge is 0.487 e. The lowest BCUT2D eigenvalue weighted by molar-refractivity contribution is -0.120. The van der Waals surface area contributed by atoms with Crippen molar-refractivity contribution in [1.82, 2.24) is 10.3 Å². The SMILES string of the molecule is CC(=O)N[C@@H](C)COC1CCC(Oc2ccc3nc(OC(C)C)sc3c2F)CC1. The molecule has 0 spiro atoms. The Labute approximate surface area is 174 Å². The molecule has 1 saturated carbocycles. The second kappa shape index (κ2) is 9.71. The van der Waals surface area contributed by atoms with Crippen LogP contribution in [0.1, 0.15) is 53.4 Å². The van der Waals surface area contributed by atoms with Gasteiger partial charge in [-0.25, -0.2) is 9.37 Å². The van der Waals surface area contributed by atoms with Gasteiger partial charge >= 0.3 is 0 Å². The molecule has 1 N–H and O–H groups in total. The molecule has 1 fully saturated rings. The number of nitrogens with one attached hydrogen (secondary N) is 1. The zero-order valence-electron chi connectivity index (χ0n) is 17.4. The average molecular weight is 425 g/mol. The van der Waals surface area contributed by atoms with Crippen molar-refractivity contribution in [3.63, 3.8) is 0 Å². The maximum atomic E-state index is 14.9. The predicted molar refractivity (Wildman–Crippen MR) is 111 cm³/mol. The van der Waals surface area contributed by atoms with E-state index in [1.165, 1.54) is 18.3 Å². The Kier molecular flexibility index (Phi) is 7.29. The fourth-order valence-corrected chi connectivity index (χ4v) is 4.40. The number of amides is 1. The minimum absolute atomic E-state index is 0.00650. The quantitative estimate of drug-likeness (QED) is 0.678. The highest BCUT2D eigenvalue weighted by atomic mass is 32.1. The van der Waals surface area contributed by atoms with E-state index in [2.05, 4.69) is 10.3 Å². The molecule has 1 aromatic heterocycles. The van der Waals surface area contributed by atoms with Crippen molar-refractivity contribution < 1.29 is 23.4 Å². The first-order chi connectivity index (χ1) is 13.8. The van der Waals surface area contributed by atoms with Gasteiger partial charge in [0.15, 0.2) is 11.6 Å². The number of fused-ring (bicyclic) bond motifs is 1. The van der Waals surface area contributed by atoms with Crippen molar-refractivity contribution in [1.29, 1.82) is 0 Å². The number of nitrogens with zero attached hydrogens (tertiary/aromatic N) is 1. The number of ether oxygens (including phenoxy) is 3. The van der Waals surface area contributed by atoms with Crippen molar-refractivity contribution in [3.8, 4) is 10.9 Å². The number of hydrogen-bond acceptors (Lipinski definition) is 6. The van der Waals surface area contributed by atoms with Gasteiger partial charge in [0, 0.05) is 13.0 Å². The molecule has 0 saturated heterocycles. The molecule has 6 nitrogen and oxygen atoms in total. The highest BCUT2D eigenvalue weighted by Crippen LogP contribution is 2.36. The van der Waals surface area contributed by atoms with Crippen molar-refractivity contribution in [2.24, 2.45) is 0 Å². The first kappa shape index (κ1) is 21.8. The van der Waals surface area contributed by atoms with Crippen molar-refractivity contribution >= 4 is 27.5 Å². The molecule has 1 aliphatic carbocycles. The maximum absolute atomic E-state index is 14.9. The molecular formula is C21H29FN2O4S. The number of rotatable bonds is 8. The standard InChI is InChI=1S/C21H29FN2O4S/c1-12(2)27-21-24-17-9-10-18(19(22)20(17)29-21)28-16-7-5-15(6-8-16)26-11-13(3)23-14(4)25/h9-10,12-13,15-16H,5-8,11H2,1-4H3,(H,23,25)/t13-,15?,16?/m0/s1. The number of carbonyl (C=O) groups is 1. The Morgan fingerprint density at radius 2 is 1.93 bits per heavy atom. The molecular weight excluding hydrogens is 395 g/mol. The number of benzene rings is 1. The van der Waals surface area contributed by atoms with Gasteiger partial charge in [-0.1, -0.05) is 11.3 Å². The molecule has 1 amide bonds. The molecule has 0 unspecified atom stereocenters. The Balaban J connectivity index is 1.53. The lowest BCUT2D eigenvalue weighted by Crippen LogP contribution is -2.36. The average Bonchev–Trinajstić information content (AvgIpc) is 3.05. The number of halogens is 1. The van der Waals surface area contributed by atoms with E-state index in [1.807, 2.05) is 20.8 Å². The highest BCUT2D eigenvalue weighted by Gasteiger charge is 2.25. The summed E-state index contributed by atoms with van der Waals surface area (Å²) in [5, 5.41) is 3.28. The van der Waals surface area contributed by atoms with Crippen molar-refractivity contribution in [2.45, 2.75) is 77.7 Å². The molecule has 0 bridgehead atoms. The summed E-state index contributed by atoms with van der Waals surface area (Å²) in [7, 11) is 0. The summed E-state index contributed by atoms with van der Waals surface area (Å²) in [4.78, 5) is 15.4. The van der Waals surface area contributed by atoms with Crippen LogP contribution in [0.2, 0.25) is 0 Å². The number of carbonyl (C=O) groups excluding carboxylic acids is 1. The smallest absolute Gasteiger partial charge is 0.274 e. The first-order valence-corrected chi connectivity index (χ1v) is 10.9. The van der Waals surface area contributed by atoms with Gasteiger partial charge in [0.1, 0.15) is 0 Å². The Morgan fingerprint density at radius 3 is 2.59 bits per heavy atom. The van der Waals surface area contributed by atoms with E-state index in [4.69, 9.17) is 14.2 Å². The van der Waals surface area contributed by atoms with Gasteiger partial charge in [-0.05, 0) is 58.6 Å². The zero-order valence-corrected chi connectivity index (χ0v) is 18.2. The minimum Gasteiger partial charge on any atom is -0.487 e. The third-order valence-electron chi connectivity index (χ3n) is 4.72. The van der Waals surface area contributed by atoms with Gasteiger partial charge in [-0.2, -0.15) is 0 Å². The second-order valence-corrected chi connectivity index (χ2v) is 8.79. The molecule has 0 radical (unpaired) electrons. The fraction of sp³-hybridized carbons (Fsp3) is 0.619. The summed E-state index contributed by atoms with van der Waals surface area (Å²) in [5.41, 5.74) is 0.584. The molecule has 0 aliphatic heterocycles. The van der Waals surface area contributed by atoms with E-state index >= 15 is 0 Å². The van der Waals surface area contributed by atoms with Crippen LogP contribution in [0.25, 0.3) is 10.2 Å². The molecule has 8 heteroatoms. The van der Waals surface area contributed by atoms with Crippen LogP contribution in [-0.4, -0.2) is 41.9 Å². The monoisotopic (exact) mass is 424 g/mol. The Bertz CT molecular complexity index is 833. The maximum Gasteiger partial charge on any atom is 0.274 e. The van der Waals surface area contributed by atoms with Crippen LogP contribution in [-0.2, 0) is 9.53 Å². The summed E-state index contributed by atoms with van der Waals surface area (Å²) in [6.45, 7) is 7.74. The molecule has 1 aromatic carbocycles. The molecule has 160 valence electrons. The van der Waals surface area contributed by atoms with E-state index < -0.39 is 0 Å². The van der Waals surface area contributed by atoms with Gasteiger partial charge < -0.3 is 19.5 Å². The van der Waals surface area contributed by atoms with E-state index in [-0.39, 0.29) is 41.8 Å². The normalized spacial score (nSPS) is 20.6. The zero-order chi connectivity index (χ0) is 21.0. The summed E-state index contributed by atoms with van der Waals surface area (Å²) >= 11 is 1.20. The highest BCUT2D eigenvalue weighted by molar-refractivity contribution is 7.20. The number of thiazole rings is 1. The van der Waals surface area contributed by atoms with Gasteiger partial charge in [0.05, 0.1) is 35.1 Å². The fourth-order valence-electron chi connectivity index (χ4n) is 3.43. The van der Waals surface area contributed by atoms with Gasteiger partial charge in [0.2, 0.25) is 5.91 Å². The molecule has 29 heavy (non-hydrogen) atoms. The van der Waals surface area contributed by atoms with Crippen LogP contribution in [0, 0.1) is 5.82 Å². The van der Waals surface area contributed by atoms with Gasteiger partial charge in [0.25, 0.3) is 5.19 Å². The van der Waals surface area contributed by atoms with Crippen LogP contribution in [0.5, 0.6) is 10.9 Å². The van der Waals surface area contributed by atoms with Crippen molar-refractivity contribution in [2.75, 3.05) is 6.61 Å². The van der Waals surface area contributed by atoms with Crippen LogP contribution < -0.4 is 14.8 Å². The molecule has 1 aliphatic rings. The van der Waals surface area contributed by atoms with Gasteiger partial charge in [-0.15, -0.1) is 0 Å². The predicted octanol–water partition coefficient (Wildman–Crippen LogP) is 4.45. The molecule has 1 heterocycles. The Hall–Kier alpha value is -1.93. The van der Waals surface area contributed by atoms with E-state index in [1.54, 1.807) is 12.1 Å². The lowest BCUT2D eigenvalue weighted by atomic mass is 9.95. The summed E-state index contributed by atoms with van der Waals surface area (Å²) in [5.74, 6) is -0.164. The summed E-state index contributed by atoms with van der Waals surface area (Å²) < 4.78 is 32.8. The molecule has 1 atom stereocenters. The Morgan fingerprint density at radius 1 is 1.24 bits per heavy atom. The van der Waals surface area contributed by atoms with E-state index in [0.717, 1.165) is 25.7 Å². The molecule has 3 rings (SSSR count). The van der Waals surface area contributed by atoms with Crippen LogP contribution in [0.15, 0.2) is 12.1 Å². The van der Waals surface area contributed by atoms with E-state index in [0.29, 0.717) is 22.0 Å². The van der Waals surface area contributed by atoms with Crippen molar-refractivity contribution in [3.05, 3.63) is 17.9 Å². The minimum atomic E-state index is -0.374. The summed E-state index contributed by atoms with van der Waals surface area (Å²) in [6, 6.07) is 3.41. The summed E-state index contributed by atoms with van der Waals surface area (Å²) in [6.07, 6.45) is 3.43. The third-order valence-corrected chi connectivity index (χ3v) is 5.68. The number of aromatic nitrogens is 1. The topological polar surface area (TPSA) is 69.7 Å². The number of hydrogen-bond donors (Lipinski definition) is 1. The van der Waals surface area contributed by atoms with E-state index in [9.17, 15) is 9.18 Å². The van der Waals surface area contributed by atoms with Crippen LogP contribution >= 0.6 is 11.3 Å². The first-order valence-electron chi connectivity index (χ1n) is 10.1. The van der Waals surface area contributed by atoms with Crippen LogP contribution in [0.3, 0.4) is 0 Å². The van der Waals surface area contributed by atoms with Crippen LogP contribution in [0.4, 0.5) is 4.39 Å². The second-order valence-electron chi connectivity index (χ2n) is 7.82. The third kappa shape index (κ3) is 6.02. The van der Waals surface area contributed by atoms with Gasteiger partial charge in [-0.3, -0.25) is 4.79 Å². The lowest BCUT2D eigenvalue weighted by Gasteiger charge is -2.30.